The molecule has 2 rings (SSSR count). The van der Waals surface area contributed by atoms with E-state index in [4.69, 9.17) is 9.47 Å². The van der Waals surface area contributed by atoms with E-state index in [1.807, 2.05) is 0 Å². The number of methoxy groups -OCH3 is 2. The van der Waals surface area contributed by atoms with E-state index in [0.717, 1.165) is 5.56 Å². The van der Waals surface area contributed by atoms with Gasteiger partial charge in [-0.1, -0.05) is 19.9 Å². The SMILES string of the molecule is C=CC[C@H]1C(=O)c2c(cc(C(=O)OC)n2COC)[C@@H]1C(C)C. The van der Waals surface area contributed by atoms with Crippen molar-refractivity contribution in [2.45, 2.75) is 32.9 Å². The fourth-order valence-corrected chi connectivity index (χ4v) is 3.45. The lowest BCUT2D eigenvalue weighted by Crippen LogP contribution is -2.21. The van der Waals surface area contributed by atoms with E-state index in [-0.39, 0.29) is 24.3 Å². The molecule has 1 aromatic rings. The molecule has 5 nitrogen and oxygen atoms in total. The monoisotopic (exact) mass is 305 g/mol. The molecule has 120 valence electrons. The van der Waals surface area contributed by atoms with Gasteiger partial charge in [0.1, 0.15) is 12.4 Å². The number of hydrogen-bond acceptors (Lipinski definition) is 4. The second kappa shape index (κ2) is 6.48. The Morgan fingerprint density at radius 2 is 2.14 bits per heavy atom. The van der Waals surface area contributed by atoms with Gasteiger partial charge in [-0.3, -0.25) is 4.79 Å². The predicted molar refractivity (Wildman–Crippen MR) is 83.0 cm³/mol. The molecule has 2 atom stereocenters. The van der Waals surface area contributed by atoms with Gasteiger partial charge in [0.25, 0.3) is 0 Å². The Kier molecular flexibility index (Phi) is 4.86. The maximum Gasteiger partial charge on any atom is 0.354 e. The van der Waals surface area contributed by atoms with Crippen LogP contribution in [0.15, 0.2) is 18.7 Å². The third kappa shape index (κ3) is 2.50. The van der Waals surface area contributed by atoms with Crippen LogP contribution in [0.4, 0.5) is 0 Å². The van der Waals surface area contributed by atoms with Crippen LogP contribution in [0.1, 0.15) is 52.7 Å². The van der Waals surface area contributed by atoms with Crippen molar-refractivity contribution >= 4 is 11.8 Å². The second-order valence-corrected chi connectivity index (χ2v) is 5.94. The summed E-state index contributed by atoms with van der Waals surface area (Å²) in [6.07, 6.45) is 2.42. The number of nitrogens with zero attached hydrogens (tertiary/aromatic N) is 1. The molecule has 0 aromatic carbocycles. The van der Waals surface area contributed by atoms with Crippen LogP contribution >= 0.6 is 0 Å². The standard InChI is InChI=1S/C17H23NO4/c1-6-7-11-14(10(2)3)12-8-13(17(20)22-5)18(9-21-4)15(12)16(11)19/h6,8,10-11,14H,1,7,9H2,2-5H3/t11-,14-/m1/s1. The van der Waals surface area contributed by atoms with E-state index in [1.165, 1.54) is 14.2 Å². The molecule has 0 aliphatic heterocycles. The Hall–Kier alpha value is -1.88. The molecule has 0 unspecified atom stereocenters. The number of fused-ring (bicyclic) bond motifs is 1. The second-order valence-electron chi connectivity index (χ2n) is 5.94. The average Bonchev–Trinajstić information content (AvgIpc) is 2.96. The van der Waals surface area contributed by atoms with E-state index < -0.39 is 5.97 Å². The summed E-state index contributed by atoms with van der Waals surface area (Å²) in [5.41, 5.74) is 1.86. The van der Waals surface area contributed by atoms with Crippen LogP contribution in [-0.2, 0) is 16.2 Å². The topological polar surface area (TPSA) is 57.5 Å². The number of ether oxygens (including phenoxy) is 2. The normalized spacial score (nSPS) is 20.3. The first-order chi connectivity index (χ1) is 10.5. The third-order valence-electron chi connectivity index (χ3n) is 4.28. The van der Waals surface area contributed by atoms with Gasteiger partial charge in [0, 0.05) is 13.0 Å². The fourth-order valence-electron chi connectivity index (χ4n) is 3.45. The van der Waals surface area contributed by atoms with Gasteiger partial charge in [0.05, 0.1) is 12.8 Å². The molecule has 0 saturated heterocycles. The van der Waals surface area contributed by atoms with Gasteiger partial charge in [0.2, 0.25) is 0 Å². The van der Waals surface area contributed by atoms with Crippen molar-refractivity contribution in [2.75, 3.05) is 14.2 Å². The van der Waals surface area contributed by atoms with Crippen LogP contribution in [0, 0.1) is 11.8 Å². The Bertz CT molecular complexity index is 600. The van der Waals surface area contributed by atoms with Crippen molar-refractivity contribution in [1.29, 1.82) is 0 Å². The number of aromatic nitrogens is 1. The number of esters is 1. The molecule has 1 aliphatic rings. The van der Waals surface area contributed by atoms with E-state index >= 15 is 0 Å². The molecule has 1 aliphatic carbocycles. The number of rotatable bonds is 6. The molecule has 5 heteroatoms. The Labute approximate surface area is 130 Å². The Morgan fingerprint density at radius 1 is 1.45 bits per heavy atom. The summed E-state index contributed by atoms with van der Waals surface area (Å²) in [7, 11) is 2.87. The number of ketones is 1. The summed E-state index contributed by atoms with van der Waals surface area (Å²) in [5, 5.41) is 0. The molecular weight excluding hydrogens is 282 g/mol. The highest BCUT2D eigenvalue weighted by Crippen LogP contribution is 2.45. The molecule has 0 radical (unpaired) electrons. The van der Waals surface area contributed by atoms with Crippen LogP contribution in [0.5, 0.6) is 0 Å². The van der Waals surface area contributed by atoms with Crippen molar-refractivity contribution in [3.8, 4) is 0 Å². The van der Waals surface area contributed by atoms with Crippen LogP contribution in [0.2, 0.25) is 0 Å². The summed E-state index contributed by atoms with van der Waals surface area (Å²) in [5.74, 6) is -0.138. The summed E-state index contributed by atoms with van der Waals surface area (Å²) < 4.78 is 11.6. The first-order valence-electron chi connectivity index (χ1n) is 7.43. The van der Waals surface area contributed by atoms with Crippen LogP contribution < -0.4 is 0 Å². The Morgan fingerprint density at radius 3 is 2.64 bits per heavy atom. The summed E-state index contributed by atoms with van der Waals surface area (Å²) in [4.78, 5) is 24.8. The highest BCUT2D eigenvalue weighted by molar-refractivity contribution is 6.04. The summed E-state index contributed by atoms with van der Waals surface area (Å²) in [6.45, 7) is 8.09. The van der Waals surface area contributed by atoms with Gasteiger partial charge < -0.3 is 14.0 Å². The summed E-state index contributed by atoms with van der Waals surface area (Å²) in [6, 6.07) is 1.78. The third-order valence-corrected chi connectivity index (χ3v) is 4.28. The summed E-state index contributed by atoms with van der Waals surface area (Å²) >= 11 is 0. The van der Waals surface area contributed by atoms with Crippen LogP contribution in [-0.4, -0.2) is 30.5 Å². The van der Waals surface area contributed by atoms with E-state index in [9.17, 15) is 9.59 Å². The lowest BCUT2D eigenvalue weighted by Gasteiger charge is -2.21. The smallest absolute Gasteiger partial charge is 0.354 e. The molecule has 0 N–H and O–H groups in total. The zero-order valence-corrected chi connectivity index (χ0v) is 13.6. The minimum absolute atomic E-state index is 0.0563. The van der Waals surface area contributed by atoms with Crippen molar-refractivity contribution < 1.29 is 19.1 Å². The number of hydrogen-bond donors (Lipinski definition) is 0. The van der Waals surface area contributed by atoms with E-state index in [2.05, 4.69) is 20.4 Å². The van der Waals surface area contributed by atoms with Gasteiger partial charge in [-0.25, -0.2) is 4.79 Å². The van der Waals surface area contributed by atoms with Crippen molar-refractivity contribution in [3.05, 3.63) is 35.7 Å². The lowest BCUT2D eigenvalue weighted by atomic mass is 9.81. The van der Waals surface area contributed by atoms with E-state index in [0.29, 0.717) is 23.7 Å². The quantitative estimate of drug-likeness (QED) is 0.599. The molecule has 1 aromatic heterocycles. The molecule has 0 saturated carbocycles. The van der Waals surface area contributed by atoms with Gasteiger partial charge in [-0.2, -0.15) is 0 Å². The highest BCUT2D eigenvalue weighted by Gasteiger charge is 2.44. The molecule has 1 heterocycles. The first kappa shape index (κ1) is 16.5. The lowest BCUT2D eigenvalue weighted by molar-refractivity contribution is 0.0564. The number of carbonyl (C=O) groups excluding carboxylic acids is 2. The van der Waals surface area contributed by atoms with Crippen molar-refractivity contribution in [1.82, 2.24) is 4.57 Å². The zero-order valence-electron chi connectivity index (χ0n) is 13.6. The number of Topliss-reactive ketones (excluding diaryl/α,β-unsaturated/α-hetero) is 1. The maximum absolute atomic E-state index is 12.8. The minimum Gasteiger partial charge on any atom is -0.464 e. The van der Waals surface area contributed by atoms with Crippen molar-refractivity contribution in [2.24, 2.45) is 11.8 Å². The number of allylic oxidation sites excluding steroid dienone is 1. The number of carbonyl (C=O) groups is 2. The van der Waals surface area contributed by atoms with Gasteiger partial charge >= 0.3 is 5.97 Å². The van der Waals surface area contributed by atoms with E-state index in [1.54, 1.807) is 16.7 Å². The fraction of sp³-hybridized carbons (Fsp3) is 0.529. The first-order valence-corrected chi connectivity index (χ1v) is 7.43. The van der Waals surface area contributed by atoms with Gasteiger partial charge in [-0.05, 0) is 29.9 Å². The zero-order chi connectivity index (χ0) is 16.4. The molecule has 0 fully saturated rings. The highest BCUT2D eigenvalue weighted by atomic mass is 16.5. The Balaban J connectivity index is 2.60. The van der Waals surface area contributed by atoms with Crippen LogP contribution in [0.3, 0.4) is 0 Å². The molecule has 22 heavy (non-hydrogen) atoms. The molecule has 0 bridgehead atoms. The van der Waals surface area contributed by atoms with Gasteiger partial charge in [-0.15, -0.1) is 6.58 Å². The molecule has 0 spiro atoms. The molecular formula is C17H23NO4. The largest absolute Gasteiger partial charge is 0.464 e. The maximum atomic E-state index is 12.8. The van der Waals surface area contributed by atoms with Gasteiger partial charge in [0.15, 0.2) is 5.78 Å². The molecule has 0 amide bonds. The minimum atomic E-state index is -0.456. The predicted octanol–water partition coefficient (Wildman–Crippen LogP) is 3.01. The van der Waals surface area contributed by atoms with Crippen molar-refractivity contribution in [3.63, 3.8) is 0 Å². The average molecular weight is 305 g/mol. The van der Waals surface area contributed by atoms with Crippen LogP contribution in [0.25, 0.3) is 0 Å².